The Morgan fingerprint density at radius 3 is 2.50 bits per heavy atom. The molecule has 12 nitrogen and oxygen atoms in total. The minimum Gasteiger partial charge on any atom is -0.406 e. The van der Waals surface area contributed by atoms with Gasteiger partial charge in [0.1, 0.15) is 29.1 Å². The summed E-state index contributed by atoms with van der Waals surface area (Å²) in [5, 5.41) is 15.2. The van der Waals surface area contributed by atoms with Gasteiger partial charge in [0.2, 0.25) is 0 Å². The van der Waals surface area contributed by atoms with E-state index in [-0.39, 0.29) is 43.0 Å². The molecule has 0 radical (unpaired) electrons. The normalized spacial score (nSPS) is 14.2. The number of alkyl halides is 7. The zero-order chi connectivity index (χ0) is 33.6. The number of hydrazine groups is 2. The number of nitrogens with one attached hydrogen (secondary N) is 3. The van der Waals surface area contributed by atoms with Crippen molar-refractivity contribution in [2.75, 3.05) is 13.6 Å². The number of hydrogen-bond donors (Lipinski definition) is 3. The van der Waals surface area contributed by atoms with Crippen LogP contribution in [-0.2, 0) is 28.4 Å². The van der Waals surface area contributed by atoms with Gasteiger partial charge in [-0.3, -0.25) is 24.6 Å². The van der Waals surface area contributed by atoms with Crippen LogP contribution >= 0.6 is 22.6 Å². The molecule has 0 saturated heterocycles. The Kier molecular flexibility index (Phi) is 10.9. The van der Waals surface area contributed by atoms with Crippen molar-refractivity contribution in [3.8, 4) is 5.75 Å². The minimum atomic E-state index is -4.96. The number of amides is 2. The molecule has 248 valence electrons. The lowest BCUT2D eigenvalue weighted by molar-refractivity contribution is -0.274. The predicted octanol–water partition coefficient (Wildman–Crippen LogP) is 3.68. The maximum atomic E-state index is 14.7. The molecule has 1 aliphatic heterocycles. The van der Waals surface area contributed by atoms with E-state index in [9.17, 15) is 40.3 Å². The van der Waals surface area contributed by atoms with E-state index in [0.29, 0.717) is 5.56 Å². The molecule has 1 aliphatic rings. The first-order valence-electron chi connectivity index (χ1n) is 13.2. The van der Waals surface area contributed by atoms with E-state index < -0.39 is 52.1 Å². The quantitative estimate of drug-likeness (QED) is 0.136. The number of ether oxygens (including phenoxy) is 1. The molecule has 4 rings (SSSR count). The van der Waals surface area contributed by atoms with E-state index in [1.165, 1.54) is 41.7 Å². The Morgan fingerprint density at radius 2 is 1.83 bits per heavy atom. The van der Waals surface area contributed by atoms with Gasteiger partial charge in [-0.05, 0) is 36.2 Å². The average Bonchev–Trinajstić information content (AvgIpc) is 3.60. The molecule has 1 aromatic carbocycles. The van der Waals surface area contributed by atoms with E-state index >= 15 is 0 Å². The molecule has 46 heavy (non-hydrogen) atoms. The lowest BCUT2D eigenvalue weighted by Gasteiger charge is -2.21. The molecule has 0 bridgehead atoms. The molecular formula is C26H25F7IN9O3. The minimum absolute atomic E-state index is 0.0106. The number of halogens is 8. The summed E-state index contributed by atoms with van der Waals surface area (Å²) in [6.07, 6.45) is -2.61. The first kappa shape index (κ1) is 34.7. The molecule has 0 spiro atoms. The Balaban J connectivity index is 1.22. The Morgan fingerprint density at radius 1 is 1.09 bits per heavy atom. The van der Waals surface area contributed by atoms with Gasteiger partial charge >= 0.3 is 10.3 Å². The number of nitrogens with zero attached hydrogens (tertiary/aromatic N) is 6. The third-order valence-electron chi connectivity index (χ3n) is 6.25. The van der Waals surface area contributed by atoms with Crippen LogP contribution in [0.15, 0.2) is 54.6 Å². The molecule has 1 unspecified atom stereocenters. The zero-order valence-corrected chi connectivity index (χ0v) is 25.8. The van der Waals surface area contributed by atoms with Crippen LogP contribution in [0.5, 0.6) is 5.75 Å². The Bertz CT molecular complexity index is 1570. The number of carbonyl (C=O) groups excluding carboxylic acids is 2. The second-order valence-electron chi connectivity index (χ2n) is 9.79. The lowest BCUT2D eigenvalue weighted by Crippen LogP contribution is -2.41. The number of rotatable bonds is 13. The van der Waals surface area contributed by atoms with Crippen molar-refractivity contribution in [1.29, 1.82) is 0 Å². The summed E-state index contributed by atoms with van der Waals surface area (Å²) in [7, 11) is 1.49. The van der Waals surface area contributed by atoms with E-state index in [2.05, 4.69) is 36.2 Å². The Hall–Kier alpha value is -4.21. The van der Waals surface area contributed by atoms with Crippen molar-refractivity contribution in [2.24, 2.45) is 0 Å². The highest BCUT2D eigenvalue weighted by Gasteiger charge is 2.31. The van der Waals surface area contributed by atoms with Gasteiger partial charge in [-0.2, -0.15) is 8.78 Å². The molecule has 2 aromatic heterocycles. The highest BCUT2D eigenvalue weighted by molar-refractivity contribution is 14.1. The van der Waals surface area contributed by atoms with Gasteiger partial charge in [-0.25, -0.2) is 13.5 Å². The Labute approximate surface area is 270 Å². The SMILES string of the molecule is CN1NN(CCC(F)Cn2cc(C(=O)NCc3ccc(C(F)(F)I)nc3)nn2)C=C1C(=O)NCc1cc(OC(F)(F)F)ccc1F. The summed E-state index contributed by atoms with van der Waals surface area (Å²) >= 11 is 0.961. The summed E-state index contributed by atoms with van der Waals surface area (Å²) < 4.78 is 94.5. The van der Waals surface area contributed by atoms with Crippen LogP contribution in [0.4, 0.5) is 30.7 Å². The standard InChI is InChI=1S/C26H25F7IN9O3/c1-41-21(24(45)37-11-16-8-18(3-4-19(16)28)46-26(31,32)33)14-42(40-41)7-6-17(27)12-43-13-20(38-39-43)23(44)36-10-15-2-5-22(35-9-15)25(29,30)34/h2-5,8-9,13-14,17,40H,6-7,10-12H2,1H3,(H,36,44)(H,37,45). The molecule has 20 heteroatoms. The molecule has 0 aliphatic carbocycles. The summed E-state index contributed by atoms with van der Waals surface area (Å²) in [6.45, 7) is -0.588. The third-order valence-corrected chi connectivity index (χ3v) is 6.80. The molecular weight excluding hydrogens is 746 g/mol. The smallest absolute Gasteiger partial charge is 0.406 e. The maximum Gasteiger partial charge on any atom is 0.573 e. The van der Waals surface area contributed by atoms with Crippen molar-refractivity contribution in [2.45, 2.75) is 42.5 Å². The second kappa shape index (κ2) is 14.5. The topological polar surface area (TPSA) is 130 Å². The van der Waals surface area contributed by atoms with E-state index in [1.807, 2.05) is 0 Å². The van der Waals surface area contributed by atoms with Gasteiger partial charge in [-0.15, -0.1) is 23.8 Å². The van der Waals surface area contributed by atoms with Crippen molar-refractivity contribution in [3.05, 3.63) is 83.0 Å². The lowest BCUT2D eigenvalue weighted by atomic mass is 10.2. The number of likely N-dealkylation sites (N-methyl/N-ethyl adjacent to an activating group) is 1. The van der Waals surface area contributed by atoms with Crippen LogP contribution in [0.3, 0.4) is 0 Å². The summed E-state index contributed by atoms with van der Waals surface area (Å²) in [6, 6.07) is 4.97. The van der Waals surface area contributed by atoms with E-state index in [0.717, 1.165) is 51.5 Å². The number of pyridine rings is 1. The second-order valence-corrected chi connectivity index (χ2v) is 11.1. The van der Waals surface area contributed by atoms with Crippen LogP contribution < -0.4 is 20.9 Å². The maximum absolute atomic E-state index is 14.7. The fourth-order valence-electron chi connectivity index (χ4n) is 4.02. The average molecular weight is 771 g/mol. The van der Waals surface area contributed by atoms with Gasteiger partial charge in [0.05, 0.1) is 12.7 Å². The van der Waals surface area contributed by atoms with Crippen molar-refractivity contribution >= 4 is 34.4 Å². The van der Waals surface area contributed by atoms with Gasteiger partial charge in [0.15, 0.2) is 5.69 Å². The molecule has 3 N–H and O–H groups in total. The van der Waals surface area contributed by atoms with Gasteiger partial charge in [0, 0.05) is 67.2 Å². The van der Waals surface area contributed by atoms with Crippen LogP contribution in [0.25, 0.3) is 0 Å². The monoisotopic (exact) mass is 771 g/mol. The fraction of sp³-hybridized carbons (Fsp3) is 0.346. The fourth-order valence-corrected chi connectivity index (χ4v) is 4.34. The third kappa shape index (κ3) is 9.89. The number of hydrogen-bond acceptors (Lipinski definition) is 9. The van der Waals surface area contributed by atoms with Crippen molar-refractivity contribution < 1.29 is 45.1 Å². The van der Waals surface area contributed by atoms with Crippen LogP contribution in [0.1, 0.15) is 33.7 Å². The molecule has 3 heterocycles. The van der Waals surface area contributed by atoms with Crippen molar-refractivity contribution in [1.82, 2.24) is 46.2 Å². The first-order valence-corrected chi connectivity index (χ1v) is 14.3. The molecule has 3 aromatic rings. The number of aromatic nitrogens is 4. The van der Waals surface area contributed by atoms with Crippen LogP contribution in [0, 0.1) is 5.82 Å². The zero-order valence-electron chi connectivity index (χ0n) is 23.7. The van der Waals surface area contributed by atoms with Crippen LogP contribution in [-0.4, -0.2) is 67.9 Å². The highest BCUT2D eigenvalue weighted by atomic mass is 127. The molecule has 0 fully saturated rings. The summed E-state index contributed by atoms with van der Waals surface area (Å²) in [5.41, 5.74) is 2.61. The summed E-state index contributed by atoms with van der Waals surface area (Å²) in [4.78, 5) is 28.7. The molecule has 0 saturated carbocycles. The van der Waals surface area contributed by atoms with Gasteiger partial charge in [-0.1, -0.05) is 11.3 Å². The van der Waals surface area contributed by atoms with E-state index in [4.69, 9.17) is 0 Å². The largest absolute Gasteiger partial charge is 0.573 e. The van der Waals surface area contributed by atoms with Gasteiger partial charge in [0.25, 0.3) is 11.8 Å². The van der Waals surface area contributed by atoms with Crippen molar-refractivity contribution in [3.63, 3.8) is 0 Å². The van der Waals surface area contributed by atoms with E-state index in [1.54, 1.807) is 0 Å². The number of benzene rings is 1. The highest BCUT2D eigenvalue weighted by Crippen LogP contribution is 2.33. The number of carbonyl (C=O) groups is 2. The van der Waals surface area contributed by atoms with Crippen LogP contribution in [0.2, 0.25) is 0 Å². The molecule has 2 amide bonds. The molecule has 1 atom stereocenters. The predicted molar refractivity (Wildman–Crippen MR) is 153 cm³/mol. The first-order chi connectivity index (χ1) is 21.6. The van der Waals surface area contributed by atoms with Gasteiger partial charge < -0.3 is 15.4 Å². The summed E-state index contributed by atoms with van der Waals surface area (Å²) in [5.74, 6) is -2.78.